The van der Waals surface area contributed by atoms with Crippen LogP contribution in [0.1, 0.15) is 24.5 Å². The summed E-state index contributed by atoms with van der Waals surface area (Å²) in [6, 6.07) is 1.81. The minimum Gasteiger partial charge on any atom is -0.409 e. The van der Waals surface area contributed by atoms with Crippen LogP contribution in [-0.4, -0.2) is 33.0 Å². The van der Waals surface area contributed by atoms with Crippen molar-refractivity contribution in [3.63, 3.8) is 0 Å². The molecule has 0 aliphatic carbocycles. The Bertz CT molecular complexity index is 410. The summed E-state index contributed by atoms with van der Waals surface area (Å²) in [5.74, 6) is 0.0642. The summed E-state index contributed by atoms with van der Waals surface area (Å²) in [4.78, 5) is 4.24. The summed E-state index contributed by atoms with van der Waals surface area (Å²) in [5.41, 5.74) is 7.21. The first-order chi connectivity index (χ1) is 8.10. The van der Waals surface area contributed by atoms with E-state index in [1.165, 1.54) is 11.8 Å². The highest BCUT2D eigenvalue weighted by Gasteiger charge is 2.14. The molecule has 0 bridgehead atoms. The average Bonchev–Trinajstić information content (AvgIpc) is 2.28. The van der Waals surface area contributed by atoms with Gasteiger partial charge in [0.2, 0.25) is 0 Å². The zero-order chi connectivity index (χ0) is 12.8. The molecule has 5 nitrogen and oxygen atoms in total. The van der Waals surface area contributed by atoms with Crippen LogP contribution < -0.4 is 5.73 Å². The third-order valence-corrected chi connectivity index (χ3v) is 3.51. The van der Waals surface area contributed by atoms with Crippen LogP contribution in [0, 0.1) is 6.92 Å². The highest BCUT2D eigenvalue weighted by molar-refractivity contribution is 7.99. The largest absolute Gasteiger partial charge is 0.409 e. The predicted molar refractivity (Wildman–Crippen MR) is 68.5 cm³/mol. The molecule has 0 aromatic carbocycles. The van der Waals surface area contributed by atoms with E-state index in [9.17, 15) is 0 Å². The topological polar surface area (TPSA) is 91.7 Å². The predicted octanol–water partition coefficient (Wildman–Crippen LogP) is 1.35. The summed E-state index contributed by atoms with van der Waals surface area (Å²) in [5, 5.41) is 21.6. The van der Waals surface area contributed by atoms with Gasteiger partial charge in [0.15, 0.2) is 5.84 Å². The summed E-state index contributed by atoms with van der Waals surface area (Å²) in [6.07, 6.45) is 2.37. The molecule has 6 heteroatoms. The highest BCUT2D eigenvalue weighted by Crippen LogP contribution is 2.27. The number of aliphatic hydroxyl groups is 1. The lowest BCUT2D eigenvalue weighted by molar-refractivity contribution is 0.289. The molecule has 0 saturated carbocycles. The second kappa shape index (κ2) is 6.46. The zero-order valence-electron chi connectivity index (χ0n) is 9.92. The molecule has 0 aliphatic rings. The smallest absolute Gasteiger partial charge is 0.173 e. The molecular formula is C11H17N3O2S. The number of oxime groups is 1. The minimum absolute atomic E-state index is 0.0642. The molecule has 0 spiro atoms. The summed E-state index contributed by atoms with van der Waals surface area (Å²) < 4.78 is 0. The van der Waals surface area contributed by atoms with Crippen LogP contribution >= 0.6 is 11.8 Å². The Kier molecular flexibility index (Phi) is 5.24. The molecule has 0 amide bonds. The number of rotatable bonds is 5. The van der Waals surface area contributed by atoms with Gasteiger partial charge in [-0.25, -0.2) is 4.98 Å². The molecule has 0 aliphatic heterocycles. The Morgan fingerprint density at radius 3 is 2.94 bits per heavy atom. The van der Waals surface area contributed by atoms with Gasteiger partial charge < -0.3 is 16.0 Å². The van der Waals surface area contributed by atoms with Gasteiger partial charge in [-0.15, -0.1) is 11.8 Å². The van der Waals surface area contributed by atoms with E-state index in [-0.39, 0.29) is 17.7 Å². The number of nitrogens with two attached hydrogens (primary N) is 1. The van der Waals surface area contributed by atoms with E-state index in [0.717, 1.165) is 10.6 Å². The van der Waals surface area contributed by atoms with Crippen molar-refractivity contribution < 1.29 is 10.3 Å². The van der Waals surface area contributed by atoms with Crippen molar-refractivity contribution in [1.29, 1.82) is 0 Å². The molecule has 1 unspecified atom stereocenters. The van der Waals surface area contributed by atoms with Crippen molar-refractivity contribution in [1.82, 2.24) is 4.98 Å². The lowest BCUT2D eigenvalue weighted by Crippen LogP contribution is -2.17. The SMILES string of the molecule is Cc1ccnc(SC(C)CCO)c1/C(N)=N/O. The Hall–Kier alpha value is -1.27. The van der Waals surface area contributed by atoms with E-state index in [0.29, 0.717) is 12.0 Å². The third-order valence-electron chi connectivity index (χ3n) is 2.34. The summed E-state index contributed by atoms with van der Waals surface area (Å²) in [6.45, 7) is 4.02. The van der Waals surface area contributed by atoms with E-state index in [1.807, 2.05) is 19.9 Å². The Morgan fingerprint density at radius 1 is 1.65 bits per heavy atom. The quantitative estimate of drug-likeness (QED) is 0.243. The molecule has 0 fully saturated rings. The number of amidine groups is 1. The van der Waals surface area contributed by atoms with Crippen LogP contribution in [0.5, 0.6) is 0 Å². The molecule has 1 heterocycles. The third kappa shape index (κ3) is 3.61. The van der Waals surface area contributed by atoms with Crippen molar-refractivity contribution >= 4 is 17.6 Å². The minimum atomic E-state index is 0.0642. The van der Waals surface area contributed by atoms with E-state index in [4.69, 9.17) is 16.0 Å². The molecule has 1 atom stereocenters. The fourth-order valence-corrected chi connectivity index (χ4v) is 2.53. The van der Waals surface area contributed by atoms with Gasteiger partial charge in [-0.1, -0.05) is 12.1 Å². The Labute approximate surface area is 105 Å². The zero-order valence-corrected chi connectivity index (χ0v) is 10.7. The van der Waals surface area contributed by atoms with E-state index in [1.54, 1.807) is 6.20 Å². The van der Waals surface area contributed by atoms with Gasteiger partial charge in [0.25, 0.3) is 0 Å². The van der Waals surface area contributed by atoms with Gasteiger partial charge >= 0.3 is 0 Å². The van der Waals surface area contributed by atoms with Crippen LogP contribution in [-0.2, 0) is 0 Å². The van der Waals surface area contributed by atoms with Crippen molar-refractivity contribution in [2.45, 2.75) is 30.5 Å². The molecule has 0 saturated heterocycles. The fraction of sp³-hybridized carbons (Fsp3) is 0.455. The molecule has 17 heavy (non-hydrogen) atoms. The van der Waals surface area contributed by atoms with Crippen molar-refractivity contribution in [3.05, 3.63) is 23.4 Å². The van der Waals surface area contributed by atoms with Crippen molar-refractivity contribution in [2.24, 2.45) is 10.9 Å². The second-order valence-electron chi connectivity index (χ2n) is 3.73. The van der Waals surface area contributed by atoms with Gasteiger partial charge in [0.1, 0.15) is 5.03 Å². The Balaban J connectivity index is 3.03. The molecule has 4 N–H and O–H groups in total. The first kappa shape index (κ1) is 13.8. The molecule has 1 aromatic rings. The highest BCUT2D eigenvalue weighted by atomic mass is 32.2. The standard InChI is InChI=1S/C11H17N3O2S/c1-7-3-5-13-11(9(7)10(12)14-16)17-8(2)4-6-15/h3,5,8,15-16H,4,6H2,1-2H3,(H2,12,14). The van der Waals surface area contributed by atoms with Crippen LogP contribution in [0.3, 0.4) is 0 Å². The van der Waals surface area contributed by atoms with Gasteiger partial charge in [-0.05, 0) is 25.0 Å². The maximum atomic E-state index is 8.87. The van der Waals surface area contributed by atoms with Crippen molar-refractivity contribution in [3.8, 4) is 0 Å². The monoisotopic (exact) mass is 255 g/mol. The first-order valence-corrected chi connectivity index (χ1v) is 6.19. The van der Waals surface area contributed by atoms with Gasteiger partial charge in [-0.2, -0.15) is 0 Å². The number of aliphatic hydroxyl groups excluding tert-OH is 1. The second-order valence-corrected chi connectivity index (χ2v) is 5.16. The number of aromatic nitrogens is 1. The lowest BCUT2D eigenvalue weighted by Gasteiger charge is -2.13. The lowest BCUT2D eigenvalue weighted by atomic mass is 10.1. The van der Waals surface area contributed by atoms with Gasteiger partial charge in [0, 0.05) is 18.1 Å². The summed E-state index contributed by atoms with van der Waals surface area (Å²) in [7, 11) is 0. The average molecular weight is 255 g/mol. The van der Waals surface area contributed by atoms with Crippen molar-refractivity contribution in [2.75, 3.05) is 6.61 Å². The van der Waals surface area contributed by atoms with E-state index < -0.39 is 0 Å². The number of aryl methyl sites for hydroxylation is 1. The van der Waals surface area contributed by atoms with Crippen LogP contribution in [0.4, 0.5) is 0 Å². The number of nitrogens with zero attached hydrogens (tertiary/aromatic N) is 2. The number of thioether (sulfide) groups is 1. The molecule has 1 rings (SSSR count). The molecule has 94 valence electrons. The normalized spacial score (nSPS) is 13.7. The number of hydrogen-bond acceptors (Lipinski definition) is 5. The summed E-state index contributed by atoms with van der Waals surface area (Å²) >= 11 is 1.51. The van der Waals surface area contributed by atoms with Crippen LogP contribution in [0.15, 0.2) is 22.4 Å². The number of hydrogen-bond donors (Lipinski definition) is 3. The fourth-order valence-electron chi connectivity index (χ4n) is 1.42. The number of pyridine rings is 1. The van der Waals surface area contributed by atoms with Gasteiger partial charge in [-0.3, -0.25) is 0 Å². The molecular weight excluding hydrogens is 238 g/mol. The van der Waals surface area contributed by atoms with Crippen LogP contribution in [0.2, 0.25) is 0 Å². The maximum absolute atomic E-state index is 8.87. The molecule has 1 aromatic heterocycles. The molecule has 0 radical (unpaired) electrons. The first-order valence-electron chi connectivity index (χ1n) is 5.31. The van der Waals surface area contributed by atoms with Gasteiger partial charge in [0.05, 0.1) is 5.56 Å². The van der Waals surface area contributed by atoms with E-state index in [2.05, 4.69) is 10.1 Å². The van der Waals surface area contributed by atoms with E-state index >= 15 is 0 Å². The van der Waals surface area contributed by atoms with Crippen LogP contribution in [0.25, 0.3) is 0 Å². The Morgan fingerprint density at radius 2 is 2.35 bits per heavy atom. The maximum Gasteiger partial charge on any atom is 0.173 e.